The number of hydrogen-bond acceptors (Lipinski definition) is 4. The molecule has 5 heteroatoms. The second-order valence-electron chi connectivity index (χ2n) is 9.77. The minimum atomic E-state index is -0.996. The Labute approximate surface area is 201 Å². The van der Waals surface area contributed by atoms with Crippen LogP contribution in [0.4, 0.5) is 22.7 Å². The molecule has 176 valence electrons. The molecular formula is C29H32N2O3. The maximum atomic E-state index is 11.7. The Morgan fingerprint density at radius 3 is 2.32 bits per heavy atom. The highest BCUT2D eigenvalue weighted by atomic mass is 16.5. The van der Waals surface area contributed by atoms with Gasteiger partial charge in [-0.25, -0.2) is 4.79 Å². The van der Waals surface area contributed by atoms with Crippen LogP contribution in [-0.4, -0.2) is 25.2 Å². The number of nitrogens with zero attached hydrogens (tertiary/aromatic N) is 1. The molecule has 5 nitrogen and oxygen atoms in total. The first-order valence-electron chi connectivity index (χ1n) is 12.1. The highest BCUT2D eigenvalue weighted by Gasteiger charge is 2.39. The number of methoxy groups -OCH3 is 1. The second kappa shape index (κ2) is 9.05. The van der Waals surface area contributed by atoms with Crippen molar-refractivity contribution in [2.45, 2.75) is 38.5 Å². The van der Waals surface area contributed by atoms with E-state index in [4.69, 9.17) is 4.74 Å². The summed E-state index contributed by atoms with van der Waals surface area (Å²) in [4.78, 5) is 13.9. The van der Waals surface area contributed by atoms with Crippen molar-refractivity contribution in [1.82, 2.24) is 0 Å². The molecule has 3 atom stereocenters. The van der Waals surface area contributed by atoms with Gasteiger partial charge in [-0.2, -0.15) is 0 Å². The molecular weight excluding hydrogens is 424 g/mol. The Balaban J connectivity index is 1.32. The monoisotopic (exact) mass is 456 g/mol. The van der Waals surface area contributed by atoms with Gasteiger partial charge in [-0.3, -0.25) is 0 Å². The predicted molar refractivity (Wildman–Crippen MR) is 137 cm³/mol. The SMILES string of the molecule is COc1ccc(Nc2ccc(N(C)c3ccc(C4CC5CCC4C5)cc3)cc2C)c(C(=O)O)c1. The molecule has 2 saturated carbocycles. The molecule has 0 aliphatic heterocycles. The smallest absolute Gasteiger partial charge is 0.337 e. The van der Waals surface area contributed by atoms with Crippen LogP contribution in [0.25, 0.3) is 0 Å². The van der Waals surface area contributed by atoms with Gasteiger partial charge in [0.25, 0.3) is 0 Å². The number of aromatic carboxylic acids is 1. The van der Waals surface area contributed by atoms with Gasteiger partial charge in [-0.1, -0.05) is 18.6 Å². The molecule has 34 heavy (non-hydrogen) atoms. The third kappa shape index (κ3) is 4.23. The van der Waals surface area contributed by atoms with Gasteiger partial charge in [0.1, 0.15) is 5.75 Å². The van der Waals surface area contributed by atoms with Crippen molar-refractivity contribution in [3.05, 3.63) is 77.4 Å². The lowest BCUT2D eigenvalue weighted by molar-refractivity contribution is 0.0697. The Kier molecular flexibility index (Phi) is 5.94. The van der Waals surface area contributed by atoms with Crippen LogP contribution in [0.3, 0.4) is 0 Å². The first kappa shape index (κ1) is 22.3. The predicted octanol–water partition coefficient (Wildman–Crippen LogP) is 7.12. The lowest BCUT2D eigenvalue weighted by Gasteiger charge is -2.24. The number of aryl methyl sites for hydroxylation is 1. The van der Waals surface area contributed by atoms with E-state index in [1.54, 1.807) is 12.1 Å². The maximum absolute atomic E-state index is 11.7. The standard InChI is InChI=1S/C29H32N2O3/c1-18-14-23(10-12-27(18)30-28-13-11-24(34-3)17-26(28)29(32)33)31(2)22-8-6-20(7-9-22)25-16-19-4-5-21(25)15-19/h6-14,17,19,21,25,30H,4-5,15-16H2,1-3H3,(H,32,33). The van der Waals surface area contributed by atoms with Crippen molar-refractivity contribution in [2.24, 2.45) is 11.8 Å². The van der Waals surface area contributed by atoms with Crippen molar-refractivity contribution in [3.8, 4) is 5.75 Å². The summed E-state index contributed by atoms with van der Waals surface area (Å²) in [5, 5.41) is 12.9. The molecule has 0 heterocycles. The van der Waals surface area contributed by atoms with E-state index >= 15 is 0 Å². The molecule has 3 unspecified atom stereocenters. The Morgan fingerprint density at radius 1 is 0.971 bits per heavy atom. The van der Waals surface area contributed by atoms with E-state index in [0.29, 0.717) is 11.4 Å². The maximum Gasteiger partial charge on any atom is 0.337 e. The van der Waals surface area contributed by atoms with Crippen LogP contribution in [0, 0.1) is 18.8 Å². The van der Waals surface area contributed by atoms with Crippen LogP contribution in [0.1, 0.15) is 53.1 Å². The normalized spacial score (nSPS) is 20.9. The molecule has 0 radical (unpaired) electrons. The van der Waals surface area contributed by atoms with E-state index in [0.717, 1.165) is 40.4 Å². The van der Waals surface area contributed by atoms with Gasteiger partial charge in [0.2, 0.25) is 0 Å². The summed E-state index contributed by atoms with van der Waals surface area (Å²) in [5.74, 6) is 2.12. The Hall–Kier alpha value is -3.47. The Bertz CT molecular complexity index is 1200. The van der Waals surface area contributed by atoms with Crippen molar-refractivity contribution in [2.75, 3.05) is 24.4 Å². The van der Waals surface area contributed by atoms with Crippen LogP contribution < -0.4 is 15.0 Å². The van der Waals surface area contributed by atoms with Gasteiger partial charge in [0.05, 0.1) is 18.4 Å². The Morgan fingerprint density at radius 2 is 1.71 bits per heavy atom. The molecule has 2 fully saturated rings. The molecule has 2 bridgehead atoms. The van der Waals surface area contributed by atoms with Gasteiger partial charge in [0.15, 0.2) is 0 Å². The second-order valence-corrected chi connectivity index (χ2v) is 9.77. The van der Waals surface area contributed by atoms with Crippen LogP contribution in [0.2, 0.25) is 0 Å². The summed E-state index contributed by atoms with van der Waals surface area (Å²) in [6.07, 6.45) is 5.63. The molecule has 0 saturated heterocycles. The number of hydrogen-bond donors (Lipinski definition) is 2. The first-order valence-corrected chi connectivity index (χ1v) is 12.1. The fourth-order valence-electron chi connectivity index (χ4n) is 5.83. The fraction of sp³-hybridized carbons (Fsp3) is 0.345. The summed E-state index contributed by atoms with van der Waals surface area (Å²) in [7, 11) is 3.61. The minimum absolute atomic E-state index is 0.176. The van der Waals surface area contributed by atoms with Gasteiger partial charge in [-0.15, -0.1) is 0 Å². The van der Waals surface area contributed by atoms with E-state index in [1.807, 2.05) is 13.0 Å². The number of nitrogens with one attached hydrogen (secondary N) is 1. The molecule has 2 aliphatic rings. The molecule has 0 aromatic heterocycles. The summed E-state index contributed by atoms with van der Waals surface area (Å²) in [6, 6.07) is 20.3. The number of anilines is 4. The fourth-order valence-corrected chi connectivity index (χ4v) is 5.83. The van der Waals surface area contributed by atoms with E-state index in [-0.39, 0.29) is 5.56 Å². The third-order valence-corrected chi connectivity index (χ3v) is 7.77. The number of ether oxygens (including phenoxy) is 1. The molecule has 0 amide bonds. The zero-order chi connectivity index (χ0) is 23.8. The van der Waals surface area contributed by atoms with Crippen molar-refractivity contribution in [1.29, 1.82) is 0 Å². The van der Waals surface area contributed by atoms with Gasteiger partial charge < -0.3 is 20.1 Å². The highest BCUT2D eigenvalue weighted by molar-refractivity contribution is 5.96. The number of carbonyl (C=O) groups is 1. The highest BCUT2D eigenvalue weighted by Crippen LogP contribution is 2.53. The molecule has 5 rings (SSSR count). The largest absolute Gasteiger partial charge is 0.497 e. The summed E-state index contributed by atoms with van der Waals surface area (Å²) >= 11 is 0. The first-order chi connectivity index (χ1) is 16.4. The van der Waals surface area contributed by atoms with Crippen LogP contribution in [-0.2, 0) is 0 Å². The quantitative estimate of drug-likeness (QED) is 0.396. The van der Waals surface area contributed by atoms with E-state index in [1.165, 1.54) is 44.4 Å². The van der Waals surface area contributed by atoms with E-state index < -0.39 is 5.97 Å². The zero-order valence-corrected chi connectivity index (χ0v) is 20.0. The van der Waals surface area contributed by atoms with Crippen molar-refractivity contribution in [3.63, 3.8) is 0 Å². The van der Waals surface area contributed by atoms with Gasteiger partial charge in [-0.05, 0) is 104 Å². The number of fused-ring (bicyclic) bond motifs is 2. The van der Waals surface area contributed by atoms with Gasteiger partial charge in [0, 0.05) is 24.1 Å². The number of benzene rings is 3. The topological polar surface area (TPSA) is 61.8 Å². The van der Waals surface area contributed by atoms with Gasteiger partial charge >= 0.3 is 5.97 Å². The number of rotatable bonds is 7. The summed E-state index contributed by atoms with van der Waals surface area (Å²) < 4.78 is 5.17. The lowest BCUT2D eigenvalue weighted by atomic mass is 9.83. The van der Waals surface area contributed by atoms with Crippen molar-refractivity contribution < 1.29 is 14.6 Å². The van der Waals surface area contributed by atoms with Crippen molar-refractivity contribution >= 4 is 28.7 Å². The molecule has 3 aromatic carbocycles. The number of carboxylic acids is 1. The summed E-state index contributed by atoms with van der Waals surface area (Å²) in [6.45, 7) is 2.03. The molecule has 2 aliphatic carbocycles. The van der Waals surface area contributed by atoms with Crippen LogP contribution in [0.15, 0.2) is 60.7 Å². The third-order valence-electron chi connectivity index (χ3n) is 7.77. The minimum Gasteiger partial charge on any atom is -0.497 e. The average Bonchev–Trinajstić information content (AvgIpc) is 3.49. The zero-order valence-electron chi connectivity index (χ0n) is 20.0. The van der Waals surface area contributed by atoms with E-state index in [9.17, 15) is 9.90 Å². The summed E-state index contributed by atoms with van der Waals surface area (Å²) in [5.41, 5.74) is 6.36. The van der Waals surface area contributed by atoms with Crippen LogP contribution >= 0.6 is 0 Å². The van der Waals surface area contributed by atoms with E-state index in [2.05, 4.69) is 53.7 Å². The lowest BCUT2D eigenvalue weighted by Crippen LogP contribution is -2.11. The average molecular weight is 457 g/mol. The molecule has 0 spiro atoms. The molecule has 2 N–H and O–H groups in total. The molecule has 3 aromatic rings. The number of carboxylic acid groups (broad SMARTS) is 1. The van der Waals surface area contributed by atoms with Crippen LogP contribution in [0.5, 0.6) is 5.75 Å².